The molecule has 2 heterocycles. The molecule has 2 aromatic heterocycles. The molecule has 0 amide bonds. The zero-order valence-corrected chi connectivity index (χ0v) is 18.2. The van der Waals surface area contributed by atoms with Crippen LogP contribution in [-0.2, 0) is 13.0 Å². The fraction of sp³-hybridized carbons (Fsp3) is 0.292. The van der Waals surface area contributed by atoms with Gasteiger partial charge in [0.15, 0.2) is 17.5 Å². The van der Waals surface area contributed by atoms with Crippen molar-refractivity contribution in [2.45, 2.75) is 40.2 Å². The van der Waals surface area contributed by atoms with Crippen LogP contribution in [0.4, 0.5) is 0 Å². The van der Waals surface area contributed by atoms with E-state index in [0.29, 0.717) is 18.3 Å². The molecule has 0 spiro atoms. The summed E-state index contributed by atoms with van der Waals surface area (Å²) in [7, 11) is 0. The molecule has 0 aliphatic rings. The second kappa shape index (κ2) is 9.47. The lowest BCUT2D eigenvalue weighted by atomic mass is 9.98. The van der Waals surface area contributed by atoms with Crippen molar-refractivity contribution in [1.29, 1.82) is 0 Å². The van der Waals surface area contributed by atoms with Crippen LogP contribution in [0.5, 0.6) is 0 Å². The normalized spacial score (nSPS) is 11.6. The van der Waals surface area contributed by atoms with Gasteiger partial charge in [-0.05, 0) is 45.5 Å². The van der Waals surface area contributed by atoms with E-state index in [0.717, 1.165) is 41.2 Å². The van der Waals surface area contributed by atoms with Crippen LogP contribution in [0.1, 0.15) is 44.4 Å². The Morgan fingerprint density at radius 1 is 1.03 bits per heavy atom. The molecule has 0 aliphatic carbocycles. The van der Waals surface area contributed by atoms with Gasteiger partial charge in [0, 0.05) is 12.0 Å². The minimum atomic E-state index is 0.526. The number of nitrogens with zero attached hydrogens (tertiary/aromatic N) is 6. The first-order valence-corrected chi connectivity index (χ1v) is 10.7. The van der Waals surface area contributed by atoms with E-state index in [1.807, 2.05) is 22.9 Å². The predicted octanol–water partition coefficient (Wildman–Crippen LogP) is 4.80. The van der Waals surface area contributed by atoms with E-state index < -0.39 is 0 Å². The van der Waals surface area contributed by atoms with Crippen molar-refractivity contribution in [2.24, 2.45) is 5.92 Å². The Morgan fingerprint density at radius 3 is 2.48 bits per heavy atom. The molecule has 2 aromatic carbocycles. The van der Waals surface area contributed by atoms with E-state index in [9.17, 15) is 0 Å². The molecule has 0 bridgehead atoms. The first-order valence-electron chi connectivity index (χ1n) is 10.7. The second-order valence-electron chi connectivity index (χ2n) is 7.94. The number of H-pyrrole nitrogens is 1. The third-order valence-corrected chi connectivity index (χ3v) is 4.96. The number of hydrogen-bond donors (Lipinski definition) is 1. The zero-order valence-electron chi connectivity index (χ0n) is 18.2. The number of aromatic nitrogens is 7. The molecule has 0 fully saturated rings. The smallest absolute Gasteiger partial charge is 0.180 e. The monoisotopic (exact) mass is 413 g/mol. The SMILES string of the molecule is CC/C=C/c1nc(CC(C)C)nn1Cc1ccc(-c2ccccc2-c2nnn[nH]2)cc1. The van der Waals surface area contributed by atoms with Crippen molar-refractivity contribution in [3.8, 4) is 22.5 Å². The third kappa shape index (κ3) is 4.94. The average molecular weight is 414 g/mol. The summed E-state index contributed by atoms with van der Waals surface area (Å²) < 4.78 is 1.99. The molecule has 4 rings (SSSR count). The van der Waals surface area contributed by atoms with E-state index in [4.69, 9.17) is 10.1 Å². The van der Waals surface area contributed by atoms with Gasteiger partial charge < -0.3 is 0 Å². The minimum absolute atomic E-state index is 0.526. The summed E-state index contributed by atoms with van der Waals surface area (Å²) in [4.78, 5) is 4.73. The molecular weight excluding hydrogens is 386 g/mol. The Morgan fingerprint density at radius 2 is 1.81 bits per heavy atom. The number of aromatic amines is 1. The van der Waals surface area contributed by atoms with Crippen LogP contribution in [0.15, 0.2) is 54.6 Å². The van der Waals surface area contributed by atoms with Gasteiger partial charge in [-0.25, -0.2) is 14.8 Å². The van der Waals surface area contributed by atoms with Crippen LogP contribution in [0.25, 0.3) is 28.6 Å². The van der Waals surface area contributed by atoms with Gasteiger partial charge in [-0.3, -0.25) is 0 Å². The van der Waals surface area contributed by atoms with Gasteiger partial charge in [0.2, 0.25) is 0 Å². The van der Waals surface area contributed by atoms with Crippen LogP contribution < -0.4 is 0 Å². The van der Waals surface area contributed by atoms with Crippen molar-refractivity contribution in [1.82, 2.24) is 35.4 Å². The average Bonchev–Trinajstić information content (AvgIpc) is 3.43. The van der Waals surface area contributed by atoms with E-state index in [2.05, 4.69) is 83.9 Å². The largest absolute Gasteiger partial charge is 0.242 e. The fourth-order valence-corrected chi connectivity index (χ4v) is 3.49. The summed E-state index contributed by atoms with van der Waals surface area (Å²) in [6, 6.07) is 16.6. The highest BCUT2D eigenvalue weighted by atomic mass is 15.5. The highest BCUT2D eigenvalue weighted by molar-refractivity contribution is 5.80. The zero-order chi connectivity index (χ0) is 21.6. The maximum atomic E-state index is 4.76. The van der Waals surface area contributed by atoms with Gasteiger partial charge in [0.25, 0.3) is 0 Å². The van der Waals surface area contributed by atoms with E-state index in [-0.39, 0.29) is 0 Å². The molecular formula is C24H27N7. The van der Waals surface area contributed by atoms with Gasteiger partial charge >= 0.3 is 0 Å². The lowest BCUT2D eigenvalue weighted by Crippen LogP contribution is -2.05. The number of hydrogen-bond acceptors (Lipinski definition) is 5. The molecule has 7 heteroatoms. The van der Waals surface area contributed by atoms with Crippen molar-refractivity contribution < 1.29 is 0 Å². The topological polar surface area (TPSA) is 85.2 Å². The van der Waals surface area contributed by atoms with Crippen molar-refractivity contribution in [3.63, 3.8) is 0 Å². The molecule has 7 nitrogen and oxygen atoms in total. The third-order valence-electron chi connectivity index (χ3n) is 4.96. The molecule has 0 unspecified atom stereocenters. The van der Waals surface area contributed by atoms with E-state index in [1.54, 1.807) is 0 Å². The molecule has 0 saturated heterocycles. The summed E-state index contributed by atoms with van der Waals surface area (Å²) in [6.45, 7) is 7.18. The minimum Gasteiger partial charge on any atom is -0.242 e. The van der Waals surface area contributed by atoms with Crippen molar-refractivity contribution in [2.75, 3.05) is 0 Å². The van der Waals surface area contributed by atoms with Crippen LogP contribution in [0.2, 0.25) is 0 Å². The molecule has 0 atom stereocenters. The standard InChI is InChI=1S/C24H27N7/c1-4-5-10-23-25-22(15-17(2)3)28-31(23)16-18-11-13-19(14-12-18)20-8-6-7-9-21(20)24-26-29-30-27-24/h5-14,17H,4,15-16H2,1-3H3,(H,26,27,29,30)/b10-5+. The Hall–Kier alpha value is -3.61. The number of tetrazole rings is 1. The molecule has 31 heavy (non-hydrogen) atoms. The summed E-state index contributed by atoms with van der Waals surface area (Å²) in [6.07, 6.45) is 6.04. The van der Waals surface area contributed by atoms with E-state index >= 15 is 0 Å². The first-order chi connectivity index (χ1) is 15.1. The van der Waals surface area contributed by atoms with Crippen LogP contribution in [-0.4, -0.2) is 35.4 Å². The predicted molar refractivity (Wildman–Crippen MR) is 122 cm³/mol. The number of nitrogens with one attached hydrogen (secondary N) is 1. The Balaban J connectivity index is 1.59. The Kier molecular flexibility index (Phi) is 6.31. The van der Waals surface area contributed by atoms with Crippen molar-refractivity contribution >= 4 is 6.08 Å². The van der Waals surface area contributed by atoms with Gasteiger partial charge in [0.1, 0.15) is 0 Å². The highest BCUT2D eigenvalue weighted by Crippen LogP contribution is 2.29. The van der Waals surface area contributed by atoms with Crippen LogP contribution >= 0.6 is 0 Å². The molecule has 0 radical (unpaired) electrons. The fourth-order valence-electron chi connectivity index (χ4n) is 3.49. The Labute approximate surface area is 182 Å². The van der Waals surface area contributed by atoms with Gasteiger partial charge in [-0.2, -0.15) is 5.10 Å². The van der Waals surface area contributed by atoms with Crippen LogP contribution in [0.3, 0.4) is 0 Å². The molecule has 158 valence electrons. The van der Waals surface area contributed by atoms with Crippen LogP contribution in [0, 0.1) is 5.92 Å². The number of benzene rings is 2. The molecule has 4 aromatic rings. The molecule has 0 aliphatic heterocycles. The van der Waals surface area contributed by atoms with Gasteiger partial charge in [-0.15, -0.1) is 5.10 Å². The number of allylic oxidation sites excluding steroid dienone is 1. The summed E-state index contributed by atoms with van der Waals surface area (Å²) in [5.74, 6) is 2.99. The summed E-state index contributed by atoms with van der Waals surface area (Å²) in [5, 5.41) is 19.1. The molecule has 0 saturated carbocycles. The summed E-state index contributed by atoms with van der Waals surface area (Å²) >= 11 is 0. The maximum Gasteiger partial charge on any atom is 0.180 e. The summed E-state index contributed by atoms with van der Waals surface area (Å²) in [5.41, 5.74) is 4.34. The lowest BCUT2D eigenvalue weighted by Gasteiger charge is -2.09. The quantitative estimate of drug-likeness (QED) is 0.449. The van der Waals surface area contributed by atoms with Gasteiger partial charge in [0.05, 0.1) is 6.54 Å². The number of rotatable bonds is 8. The highest BCUT2D eigenvalue weighted by Gasteiger charge is 2.12. The maximum absolute atomic E-state index is 4.76. The Bertz CT molecular complexity index is 1140. The second-order valence-corrected chi connectivity index (χ2v) is 7.94. The molecule has 1 N–H and O–H groups in total. The van der Waals surface area contributed by atoms with E-state index in [1.165, 1.54) is 5.56 Å². The van der Waals surface area contributed by atoms with Gasteiger partial charge in [-0.1, -0.05) is 75.4 Å². The first kappa shape index (κ1) is 20.7. The lowest BCUT2D eigenvalue weighted by molar-refractivity contribution is 0.602. The van der Waals surface area contributed by atoms with Crippen molar-refractivity contribution in [3.05, 3.63) is 71.8 Å².